The maximum Gasteiger partial charge on any atom is 0.0785 e. The molecule has 0 aliphatic carbocycles. The van der Waals surface area contributed by atoms with E-state index in [4.69, 9.17) is 5.73 Å². The summed E-state index contributed by atoms with van der Waals surface area (Å²) < 4.78 is 2.38. The molecule has 0 spiro atoms. The van der Waals surface area contributed by atoms with Crippen molar-refractivity contribution in [2.45, 2.75) is 13.3 Å². The van der Waals surface area contributed by atoms with E-state index in [1.807, 2.05) is 0 Å². The number of nitrogens with two attached hydrogens (primary N) is 1. The summed E-state index contributed by atoms with van der Waals surface area (Å²) in [7, 11) is 1.16. The average Bonchev–Trinajstić information content (AvgIpc) is 1.68. The summed E-state index contributed by atoms with van der Waals surface area (Å²) in [5.74, 6) is 0. The summed E-state index contributed by atoms with van der Waals surface area (Å²) in [5.41, 5.74) is 5.34. The van der Waals surface area contributed by atoms with Crippen LogP contribution < -0.4 is 5.73 Å². The van der Waals surface area contributed by atoms with Gasteiger partial charge in [-0.2, -0.15) is 0 Å². The fourth-order valence-corrected chi connectivity index (χ4v) is 1.42. The summed E-state index contributed by atoms with van der Waals surface area (Å²) in [6.07, 6.45) is 1.25. The zero-order chi connectivity index (χ0) is 6.41. The number of hydrogen-bond acceptors (Lipinski definition) is 2. The van der Waals surface area contributed by atoms with Gasteiger partial charge in [-0.1, -0.05) is 6.92 Å². The van der Waals surface area contributed by atoms with Crippen LogP contribution in [0.15, 0.2) is 0 Å². The molecule has 0 rings (SSSR count). The Balaban J connectivity index is 2.92. The van der Waals surface area contributed by atoms with Gasteiger partial charge >= 0.3 is 0 Å². The summed E-state index contributed by atoms with van der Waals surface area (Å²) in [6, 6.07) is 0. The molecule has 2 nitrogen and oxygen atoms in total. The molecule has 0 saturated carbocycles. The molecule has 0 aromatic rings. The number of rotatable bonds is 4. The molecule has 0 saturated heterocycles. The van der Waals surface area contributed by atoms with Gasteiger partial charge in [-0.25, -0.2) is 0 Å². The molecule has 0 bridgehead atoms. The minimum absolute atomic E-state index is 0.809. The monoisotopic (exact) mass is 132 g/mol. The maximum absolute atomic E-state index is 5.34. The maximum atomic E-state index is 5.34. The van der Waals surface area contributed by atoms with Crippen LogP contribution in [0.1, 0.15) is 13.3 Å². The van der Waals surface area contributed by atoms with E-state index in [2.05, 4.69) is 11.5 Å². The second kappa shape index (κ2) is 5.28. The molecular formula is C5H16N2Si. The third-order valence-corrected chi connectivity index (χ3v) is 2.01. The summed E-state index contributed by atoms with van der Waals surface area (Å²) in [6.45, 7) is 5.31. The van der Waals surface area contributed by atoms with Gasteiger partial charge in [0.1, 0.15) is 0 Å². The largest absolute Gasteiger partial charge is 0.331 e. The molecule has 0 fully saturated rings. The molecular weight excluding hydrogens is 116 g/mol. The quantitative estimate of drug-likeness (QED) is 0.494. The lowest BCUT2D eigenvalue weighted by molar-refractivity contribution is 0.462. The third-order valence-electron chi connectivity index (χ3n) is 1.12. The average molecular weight is 132 g/mol. The van der Waals surface area contributed by atoms with Gasteiger partial charge in [0.25, 0.3) is 0 Å². The molecule has 3 heteroatoms. The van der Waals surface area contributed by atoms with Crippen LogP contribution in [0.25, 0.3) is 0 Å². The fourth-order valence-electron chi connectivity index (χ4n) is 0.714. The van der Waals surface area contributed by atoms with Gasteiger partial charge < -0.3 is 10.3 Å². The van der Waals surface area contributed by atoms with E-state index in [1.54, 1.807) is 0 Å². The summed E-state index contributed by atoms with van der Waals surface area (Å²) in [5, 5.41) is 0. The van der Waals surface area contributed by atoms with Gasteiger partial charge in [0.05, 0.1) is 10.4 Å². The molecule has 0 unspecified atom stereocenters. The lowest BCUT2D eigenvalue weighted by atomic mass is 10.5. The first-order valence-electron chi connectivity index (χ1n) is 3.20. The molecule has 0 atom stereocenters. The van der Waals surface area contributed by atoms with Gasteiger partial charge in [0.15, 0.2) is 0 Å². The predicted octanol–water partition coefficient (Wildman–Crippen LogP) is -1.06. The highest BCUT2D eigenvalue weighted by Gasteiger charge is 1.90. The van der Waals surface area contributed by atoms with E-state index in [0.717, 1.165) is 23.5 Å². The third kappa shape index (κ3) is 4.30. The summed E-state index contributed by atoms with van der Waals surface area (Å²) >= 11 is 0. The van der Waals surface area contributed by atoms with Crippen LogP contribution in [-0.2, 0) is 0 Å². The molecule has 0 heterocycles. The lowest BCUT2D eigenvalue weighted by Crippen LogP contribution is -2.27. The van der Waals surface area contributed by atoms with Crippen LogP contribution >= 0.6 is 0 Å². The van der Waals surface area contributed by atoms with Crippen LogP contribution in [0, 0.1) is 0 Å². The van der Waals surface area contributed by atoms with E-state index < -0.39 is 0 Å². The number of hydrogen-bond donors (Lipinski definition) is 1. The molecule has 2 N–H and O–H groups in total. The Kier molecular flexibility index (Phi) is 5.37. The van der Waals surface area contributed by atoms with E-state index in [0.29, 0.717) is 0 Å². The Morgan fingerprint density at radius 3 is 2.50 bits per heavy atom. The Labute approximate surface area is 54.5 Å². The molecule has 0 amide bonds. The Bertz CT molecular complexity index is 43.7. The smallest absolute Gasteiger partial charge is 0.0785 e. The zero-order valence-corrected chi connectivity index (χ0v) is 7.85. The Morgan fingerprint density at radius 2 is 2.12 bits per heavy atom. The summed E-state index contributed by atoms with van der Waals surface area (Å²) in [4.78, 5) is 0. The first-order chi connectivity index (χ1) is 3.81. The van der Waals surface area contributed by atoms with Crippen molar-refractivity contribution in [1.82, 2.24) is 4.57 Å². The van der Waals surface area contributed by atoms with Crippen molar-refractivity contribution in [2.75, 3.05) is 19.6 Å². The van der Waals surface area contributed by atoms with Crippen LogP contribution in [0.5, 0.6) is 0 Å². The van der Waals surface area contributed by atoms with Crippen molar-refractivity contribution in [3.63, 3.8) is 0 Å². The van der Waals surface area contributed by atoms with E-state index in [-0.39, 0.29) is 0 Å². The first-order valence-corrected chi connectivity index (χ1v) is 4.09. The predicted molar refractivity (Wildman–Crippen MR) is 40.9 cm³/mol. The molecule has 8 heavy (non-hydrogen) atoms. The second-order valence-electron chi connectivity index (χ2n) is 2.09. The van der Waals surface area contributed by atoms with Gasteiger partial charge in [-0.15, -0.1) is 0 Å². The molecule has 0 radical (unpaired) electrons. The van der Waals surface area contributed by atoms with Crippen molar-refractivity contribution in [3.05, 3.63) is 0 Å². The molecule has 0 aromatic heterocycles. The van der Waals surface area contributed by atoms with Gasteiger partial charge in [-0.05, 0) is 13.0 Å². The molecule has 0 aromatic carbocycles. The van der Waals surface area contributed by atoms with Crippen LogP contribution in [0.4, 0.5) is 0 Å². The van der Waals surface area contributed by atoms with E-state index >= 15 is 0 Å². The van der Waals surface area contributed by atoms with Crippen molar-refractivity contribution in [2.24, 2.45) is 5.73 Å². The molecule has 0 aliphatic heterocycles. The topological polar surface area (TPSA) is 29.3 Å². The van der Waals surface area contributed by atoms with Crippen molar-refractivity contribution < 1.29 is 0 Å². The highest BCUT2D eigenvalue weighted by atomic mass is 28.2. The molecule has 50 valence electrons. The van der Waals surface area contributed by atoms with E-state index in [9.17, 15) is 0 Å². The minimum Gasteiger partial charge on any atom is -0.331 e. The van der Waals surface area contributed by atoms with Gasteiger partial charge in [0.2, 0.25) is 0 Å². The Morgan fingerprint density at radius 1 is 1.50 bits per heavy atom. The van der Waals surface area contributed by atoms with Gasteiger partial charge in [0, 0.05) is 13.1 Å². The highest BCUT2D eigenvalue weighted by Crippen LogP contribution is 1.81. The second-order valence-corrected chi connectivity index (χ2v) is 3.36. The van der Waals surface area contributed by atoms with Gasteiger partial charge in [-0.3, -0.25) is 0 Å². The fraction of sp³-hybridized carbons (Fsp3) is 1.00. The minimum atomic E-state index is 0.809. The first kappa shape index (κ1) is 8.14. The highest BCUT2D eigenvalue weighted by molar-refractivity contribution is 6.04. The van der Waals surface area contributed by atoms with Crippen molar-refractivity contribution in [1.29, 1.82) is 0 Å². The Hall–Kier alpha value is 0.137. The number of nitrogens with zero attached hydrogens (tertiary/aromatic N) is 1. The van der Waals surface area contributed by atoms with Crippen molar-refractivity contribution in [3.8, 4) is 0 Å². The van der Waals surface area contributed by atoms with E-state index in [1.165, 1.54) is 13.0 Å². The SMILES string of the molecule is CCCN([SiH3])CCN. The van der Waals surface area contributed by atoms with Crippen LogP contribution in [0.3, 0.4) is 0 Å². The standard InChI is InChI=1S/C5H16N2Si/c1-2-4-7(8)5-3-6/h2-6H2,1,8H3. The molecule has 0 aliphatic rings. The lowest BCUT2D eigenvalue weighted by Gasteiger charge is -2.12. The van der Waals surface area contributed by atoms with Crippen LogP contribution in [-0.4, -0.2) is 34.6 Å². The zero-order valence-electron chi connectivity index (χ0n) is 5.85. The normalized spacial score (nSPS) is 10.9. The van der Waals surface area contributed by atoms with Crippen LogP contribution in [0.2, 0.25) is 0 Å². The van der Waals surface area contributed by atoms with Crippen molar-refractivity contribution >= 4 is 10.4 Å².